The molecule has 0 saturated carbocycles. The molecule has 0 spiro atoms. The molecule has 0 aliphatic heterocycles. The minimum atomic E-state index is -0.589. The number of nitrogens with two attached hydrogens (primary N) is 1. The van der Waals surface area contributed by atoms with Gasteiger partial charge in [0.25, 0.3) is 0 Å². The van der Waals surface area contributed by atoms with E-state index in [0.717, 1.165) is 0 Å². The summed E-state index contributed by atoms with van der Waals surface area (Å²) >= 11 is 14.6. The average molecular weight is 269 g/mol. The van der Waals surface area contributed by atoms with Crippen LogP contribution in [0.3, 0.4) is 0 Å². The van der Waals surface area contributed by atoms with Gasteiger partial charge in [0.05, 0.1) is 15.6 Å². The summed E-state index contributed by atoms with van der Waals surface area (Å²) in [5, 5.41) is 0.478. The van der Waals surface area contributed by atoms with Crippen molar-refractivity contribution in [2.75, 3.05) is 0 Å². The average Bonchev–Trinajstić information content (AvgIpc) is 2.00. The highest BCUT2D eigenvalue weighted by Crippen LogP contribution is 2.32. The molecule has 0 bridgehead atoms. The van der Waals surface area contributed by atoms with Crippen molar-refractivity contribution >= 4 is 45.0 Å². The van der Waals surface area contributed by atoms with Crippen molar-refractivity contribution in [3.05, 3.63) is 32.2 Å². The SMILES string of the molecule is NC(=O)c1ccc(Br)c(Cl)c1Cl. The summed E-state index contributed by atoms with van der Waals surface area (Å²) in [6, 6.07) is 3.13. The first kappa shape index (κ1) is 9.84. The van der Waals surface area contributed by atoms with Crippen molar-refractivity contribution in [3.63, 3.8) is 0 Å². The molecule has 5 heteroatoms. The fourth-order valence-corrected chi connectivity index (χ4v) is 1.58. The molecule has 0 aliphatic carbocycles. The van der Waals surface area contributed by atoms with Crippen LogP contribution in [0.25, 0.3) is 0 Å². The smallest absolute Gasteiger partial charge is 0.250 e. The van der Waals surface area contributed by atoms with Gasteiger partial charge in [-0.25, -0.2) is 0 Å². The summed E-state index contributed by atoms with van der Waals surface area (Å²) in [4.78, 5) is 10.7. The molecule has 0 heterocycles. The topological polar surface area (TPSA) is 43.1 Å². The Morgan fingerprint density at radius 3 is 2.42 bits per heavy atom. The van der Waals surface area contributed by atoms with Crippen LogP contribution in [0.4, 0.5) is 0 Å². The third-order valence-corrected chi connectivity index (χ3v) is 3.07. The number of primary amides is 1. The lowest BCUT2D eigenvalue weighted by molar-refractivity contribution is 0.100. The molecule has 1 aromatic carbocycles. The number of carbonyl (C=O) groups is 1. The van der Waals surface area contributed by atoms with Gasteiger partial charge < -0.3 is 5.73 Å². The first-order valence-electron chi connectivity index (χ1n) is 2.97. The fraction of sp³-hybridized carbons (Fsp3) is 0. The molecular weight excluding hydrogens is 265 g/mol. The van der Waals surface area contributed by atoms with E-state index in [2.05, 4.69) is 15.9 Å². The monoisotopic (exact) mass is 267 g/mol. The number of carbonyl (C=O) groups excluding carboxylic acids is 1. The molecule has 0 unspecified atom stereocenters. The van der Waals surface area contributed by atoms with E-state index >= 15 is 0 Å². The molecule has 64 valence electrons. The molecule has 0 atom stereocenters. The standard InChI is InChI=1S/C7H4BrCl2NO/c8-4-2-1-3(7(11)12)5(9)6(4)10/h1-2H,(H2,11,12). The molecule has 0 aliphatic rings. The normalized spacial score (nSPS) is 9.92. The van der Waals surface area contributed by atoms with Gasteiger partial charge in [-0.3, -0.25) is 4.79 Å². The third kappa shape index (κ3) is 1.73. The molecule has 0 aromatic heterocycles. The predicted octanol–water partition coefficient (Wildman–Crippen LogP) is 2.85. The molecule has 0 saturated heterocycles. The van der Waals surface area contributed by atoms with E-state index in [-0.39, 0.29) is 10.6 Å². The summed E-state index contributed by atoms with van der Waals surface area (Å²) in [5.41, 5.74) is 5.26. The number of rotatable bonds is 1. The van der Waals surface area contributed by atoms with Crippen LogP contribution in [0.15, 0.2) is 16.6 Å². The number of halogens is 3. The van der Waals surface area contributed by atoms with Gasteiger partial charge in [-0.1, -0.05) is 23.2 Å². The second-order valence-electron chi connectivity index (χ2n) is 2.09. The van der Waals surface area contributed by atoms with Crippen molar-refractivity contribution in [1.29, 1.82) is 0 Å². The van der Waals surface area contributed by atoms with Gasteiger partial charge >= 0.3 is 0 Å². The molecule has 0 radical (unpaired) electrons. The Labute approximate surface area is 87.8 Å². The lowest BCUT2D eigenvalue weighted by Crippen LogP contribution is -2.11. The highest BCUT2D eigenvalue weighted by molar-refractivity contribution is 9.10. The Morgan fingerprint density at radius 1 is 1.33 bits per heavy atom. The molecule has 1 aromatic rings. The summed E-state index contributed by atoms with van der Waals surface area (Å²) in [6.45, 7) is 0. The van der Waals surface area contributed by atoms with Crippen LogP contribution in [-0.4, -0.2) is 5.91 Å². The zero-order valence-corrected chi connectivity index (χ0v) is 8.87. The number of hydrogen-bond donors (Lipinski definition) is 1. The van der Waals surface area contributed by atoms with Crippen molar-refractivity contribution in [1.82, 2.24) is 0 Å². The lowest BCUT2D eigenvalue weighted by Gasteiger charge is -2.02. The molecular formula is C7H4BrCl2NO. The quantitative estimate of drug-likeness (QED) is 0.782. The number of hydrogen-bond acceptors (Lipinski definition) is 1. The molecule has 1 rings (SSSR count). The van der Waals surface area contributed by atoms with Crippen LogP contribution >= 0.6 is 39.1 Å². The van der Waals surface area contributed by atoms with Gasteiger partial charge in [0, 0.05) is 4.47 Å². The molecule has 2 N–H and O–H groups in total. The Hall–Kier alpha value is -0.250. The maximum Gasteiger partial charge on any atom is 0.250 e. The Bertz CT molecular complexity index is 340. The molecule has 2 nitrogen and oxygen atoms in total. The second-order valence-corrected chi connectivity index (χ2v) is 3.70. The van der Waals surface area contributed by atoms with Crippen molar-refractivity contribution in [3.8, 4) is 0 Å². The van der Waals surface area contributed by atoms with E-state index in [4.69, 9.17) is 28.9 Å². The van der Waals surface area contributed by atoms with E-state index < -0.39 is 5.91 Å². The molecule has 0 fully saturated rings. The van der Waals surface area contributed by atoms with E-state index in [9.17, 15) is 4.79 Å². The van der Waals surface area contributed by atoms with Crippen LogP contribution in [0.2, 0.25) is 10.0 Å². The van der Waals surface area contributed by atoms with Crippen LogP contribution in [-0.2, 0) is 0 Å². The van der Waals surface area contributed by atoms with Crippen LogP contribution < -0.4 is 5.73 Å². The van der Waals surface area contributed by atoms with Crippen LogP contribution in [0.5, 0.6) is 0 Å². The maximum absolute atomic E-state index is 10.7. The Kier molecular flexibility index (Phi) is 2.99. The van der Waals surface area contributed by atoms with Gasteiger partial charge in [0.1, 0.15) is 0 Å². The fourth-order valence-electron chi connectivity index (χ4n) is 0.716. The van der Waals surface area contributed by atoms with Gasteiger partial charge in [0.15, 0.2) is 0 Å². The van der Waals surface area contributed by atoms with Gasteiger partial charge in [-0.05, 0) is 28.1 Å². The number of amides is 1. The minimum absolute atomic E-state index is 0.179. The summed E-state index contributed by atoms with van der Waals surface area (Å²) < 4.78 is 0.638. The van der Waals surface area contributed by atoms with Gasteiger partial charge in [-0.15, -0.1) is 0 Å². The van der Waals surface area contributed by atoms with Crippen LogP contribution in [0, 0.1) is 0 Å². The van der Waals surface area contributed by atoms with Crippen LogP contribution in [0.1, 0.15) is 10.4 Å². The second kappa shape index (κ2) is 3.64. The highest BCUT2D eigenvalue weighted by Gasteiger charge is 2.11. The zero-order valence-electron chi connectivity index (χ0n) is 5.77. The summed E-state index contributed by atoms with van der Waals surface area (Å²) in [7, 11) is 0. The van der Waals surface area contributed by atoms with E-state index in [1.165, 1.54) is 6.07 Å². The first-order valence-corrected chi connectivity index (χ1v) is 4.52. The van der Waals surface area contributed by atoms with Crippen molar-refractivity contribution < 1.29 is 4.79 Å². The maximum atomic E-state index is 10.7. The summed E-state index contributed by atoms with van der Waals surface area (Å²) in [6.07, 6.45) is 0. The highest BCUT2D eigenvalue weighted by atomic mass is 79.9. The predicted molar refractivity (Wildman–Crippen MR) is 52.7 cm³/mol. The number of benzene rings is 1. The minimum Gasteiger partial charge on any atom is -0.366 e. The third-order valence-electron chi connectivity index (χ3n) is 1.30. The van der Waals surface area contributed by atoms with E-state index in [0.29, 0.717) is 9.50 Å². The van der Waals surface area contributed by atoms with E-state index in [1.807, 2.05) is 0 Å². The van der Waals surface area contributed by atoms with Crippen molar-refractivity contribution in [2.24, 2.45) is 5.73 Å². The zero-order chi connectivity index (χ0) is 9.30. The molecule has 1 amide bonds. The largest absolute Gasteiger partial charge is 0.366 e. The van der Waals surface area contributed by atoms with Crippen molar-refractivity contribution in [2.45, 2.75) is 0 Å². The van der Waals surface area contributed by atoms with Gasteiger partial charge in [0.2, 0.25) is 5.91 Å². The lowest BCUT2D eigenvalue weighted by atomic mass is 10.2. The first-order chi connectivity index (χ1) is 5.54. The molecule has 12 heavy (non-hydrogen) atoms. The summed E-state index contributed by atoms with van der Waals surface area (Å²) in [5.74, 6) is -0.589. The Balaban J connectivity index is 3.36. The van der Waals surface area contributed by atoms with Gasteiger partial charge in [-0.2, -0.15) is 0 Å². The van der Waals surface area contributed by atoms with E-state index in [1.54, 1.807) is 6.07 Å². The Morgan fingerprint density at radius 2 is 1.92 bits per heavy atom.